The molecule has 2 rings (SSSR count). The number of primary amides is 1. The lowest BCUT2D eigenvalue weighted by Gasteiger charge is -2.19. The topological polar surface area (TPSA) is 72.6 Å². The van der Waals surface area contributed by atoms with Crippen molar-refractivity contribution >= 4 is 5.91 Å². The van der Waals surface area contributed by atoms with E-state index in [4.69, 9.17) is 15.6 Å². The fourth-order valence-electron chi connectivity index (χ4n) is 1.98. The van der Waals surface area contributed by atoms with Crippen LogP contribution in [0, 0.1) is 11.8 Å². The summed E-state index contributed by atoms with van der Waals surface area (Å²) in [6.45, 7) is -0.0425. The molecule has 66 valence electrons. The Labute approximate surface area is 70.0 Å². The summed E-state index contributed by atoms with van der Waals surface area (Å²) in [5, 5.41) is 8.99. The van der Waals surface area contributed by atoms with Crippen molar-refractivity contribution in [2.45, 2.75) is 12.2 Å². The highest BCUT2D eigenvalue weighted by molar-refractivity contribution is 5.79. The number of nitrogens with two attached hydrogens (primary N) is 1. The molecule has 0 saturated carbocycles. The van der Waals surface area contributed by atoms with Crippen LogP contribution in [-0.4, -0.2) is 29.8 Å². The van der Waals surface area contributed by atoms with E-state index in [1.807, 2.05) is 12.2 Å². The maximum Gasteiger partial charge on any atom is 0.223 e. The van der Waals surface area contributed by atoms with E-state index >= 15 is 0 Å². The molecule has 0 radical (unpaired) electrons. The number of rotatable bonds is 2. The Hall–Kier alpha value is -0.870. The average molecular weight is 169 g/mol. The van der Waals surface area contributed by atoms with E-state index in [0.717, 1.165) is 0 Å². The van der Waals surface area contributed by atoms with Crippen molar-refractivity contribution in [3.8, 4) is 0 Å². The molecule has 2 aliphatic heterocycles. The molecule has 0 aromatic carbocycles. The van der Waals surface area contributed by atoms with Gasteiger partial charge < -0.3 is 15.6 Å². The summed E-state index contributed by atoms with van der Waals surface area (Å²) in [5.41, 5.74) is 5.19. The fraction of sp³-hybridized carbons (Fsp3) is 0.625. The summed E-state index contributed by atoms with van der Waals surface area (Å²) in [4.78, 5) is 11.0. The number of hydrogen-bond acceptors (Lipinski definition) is 3. The van der Waals surface area contributed by atoms with Crippen LogP contribution in [0.1, 0.15) is 0 Å². The van der Waals surface area contributed by atoms with Crippen LogP contribution in [0.15, 0.2) is 12.2 Å². The first-order valence-electron chi connectivity index (χ1n) is 3.98. The molecule has 4 atom stereocenters. The zero-order chi connectivity index (χ0) is 8.72. The Balaban J connectivity index is 2.23. The second kappa shape index (κ2) is 2.57. The third-order valence-electron chi connectivity index (χ3n) is 2.58. The number of amides is 1. The smallest absolute Gasteiger partial charge is 0.223 e. The molecule has 0 aromatic rings. The average Bonchev–Trinajstić information content (AvgIpc) is 2.60. The van der Waals surface area contributed by atoms with Gasteiger partial charge in [0.1, 0.15) is 0 Å². The SMILES string of the molecule is NC(=O)[C@@H]1[C@H](CO)[C@H]2C=C[C@@H]1O2. The Morgan fingerprint density at radius 2 is 2.17 bits per heavy atom. The third-order valence-corrected chi connectivity index (χ3v) is 2.58. The predicted octanol–water partition coefficient (Wildman–Crippen LogP) is -0.966. The molecule has 2 aliphatic rings. The Morgan fingerprint density at radius 1 is 1.50 bits per heavy atom. The van der Waals surface area contributed by atoms with Gasteiger partial charge in [0.25, 0.3) is 0 Å². The first-order chi connectivity index (χ1) is 5.74. The predicted molar refractivity (Wildman–Crippen MR) is 41.1 cm³/mol. The molecule has 4 nitrogen and oxygen atoms in total. The maximum absolute atomic E-state index is 11.0. The van der Waals surface area contributed by atoms with Crippen LogP contribution in [-0.2, 0) is 9.53 Å². The maximum atomic E-state index is 11.0. The van der Waals surface area contributed by atoms with E-state index in [9.17, 15) is 4.79 Å². The number of aliphatic hydroxyl groups is 1. The van der Waals surface area contributed by atoms with E-state index in [1.54, 1.807) is 0 Å². The summed E-state index contributed by atoms with van der Waals surface area (Å²) in [6.07, 6.45) is 3.40. The van der Waals surface area contributed by atoms with E-state index in [-0.39, 0.29) is 36.6 Å². The number of fused-ring (bicyclic) bond motifs is 2. The monoisotopic (exact) mass is 169 g/mol. The summed E-state index contributed by atoms with van der Waals surface area (Å²) >= 11 is 0. The lowest BCUT2D eigenvalue weighted by atomic mass is 9.83. The normalized spacial score (nSPS) is 43.8. The van der Waals surface area contributed by atoms with Crippen molar-refractivity contribution < 1.29 is 14.6 Å². The van der Waals surface area contributed by atoms with Crippen molar-refractivity contribution in [1.82, 2.24) is 0 Å². The number of ether oxygens (including phenoxy) is 1. The minimum Gasteiger partial charge on any atom is -0.396 e. The van der Waals surface area contributed by atoms with Gasteiger partial charge in [-0.2, -0.15) is 0 Å². The quantitative estimate of drug-likeness (QED) is 0.522. The molecule has 0 aliphatic carbocycles. The molecule has 4 heteroatoms. The third kappa shape index (κ3) is 0.884. The summed E-state index contributed by atoms with van der Waals surface area (Å²) in [7, 11) is 0. The highest BCUT2D eigenvalue weighted by Gasteiger charge is 2.48. The Bertz CT molecular complexity index is 238. The minimum atomic E-state index is -0.383. The van der Waals surface area contributed by atoms with Crippen LogP contribution < -0.4 is 5.73 Å². The number of hydrogen-bond donors (Lipinski definition) is 2. The standard InChI is InChI=1S/C8H11NO3/c9-8(11)7-4(3-10)5-1-2-6(7)12-5/h1-2,4-7,10H,3H2,(H2,9,11)/t4-,5-,6+,7-/m1/s1. The molecule has 2 bridgehead atoms. The van der Waals surface area contributed by atoms with E-state index in [0.29, 0.717) is 0 Å². The van der Waals surface area contributed by atoms with Crippen LogP contribution in [0.5, 0.6) is 0 Å². The zero-order valence-corrected chi connectivity index (χ0v) is 6.51. The van der Waals surface area contributed by atoms with Gasteiger partial charge in [-0.1, -0.05) is 12.2 Å². The number of carbonyl (C=O) groups is 1. The largest absolute Gasteiger partial charge is 0.396 e. The van der Waals surface area contributed by atoms with Crippen molar-refractivity contribution in [1.29, 1.82) is 0 Å². The first kappa shape index (κ1) is 7.76. The highest BCUT2D eigenvalue weighted by Crippen LogP contribution is 2.38. The second-order valence-electron chi connectivity index (χ2n) is 3.22. The molecule has 3 N–H and O–H groups in total. The van der Waals surface area contributed by atoms with Crippen LogP contribution in [0.25, 0.3) is 0 Å². The molecule has 2 heterocycles. The zero-order valence-electron chi connectivity index (χ0n) is 6.51. The molecule has 1 amide bonds. The molecular weight excluding hydrogens is 158 g/mol. The lowest BCUT2D eigenvalue weighted by Crippen LogP contribution is -2.37. The molecule has 0 unspecified atom stereocenters. The molecule has 12 heavy (non-hydrogen) atoms. The summed E-state index contributed by atoms with van der Waals surface area (Å²) in [6, 6.07) is 0. The van der Waals surface area contributed by atoms with E-state index in [1.165, 1.54) is 0 Å². The fourth-order valence-corrected chi connectivity index (χ4v) is 1.98. The molecule has 0 spiro atoms. The van der Waals surface area contributed by atoms with Gasteiger partial charge >= 0.3 is 0 Å². The van der Waals surface area contributed by atoms with Crippen molar-refractivity contribution in [2.75, 3.05) is 6.61 Å². The molecule has 1 saturated heterocycles. The van der Waals surface area contributed by atoms with Crippen molar-refractivity contribution in [2.24, 2.45) is 17.6 Å². The van der Waals surface area contributed by atoms with Crippen LogP contribution in [0.3, 0.4) is 0 Å². The van der Waals surface area contributed by atoms with Crippen LogP contribution in [0.4, 0.5) is 0 Å². The number of aliphatic hydroxyl groups excluding tert-OH is 1. The number of carbonyl (C=O) groups excluding carboxylic acids is 1. The van der Waals surface area contributed by atoms with Gasteiger partial charge in [0.15, 0.2) is 0 Å². The van der Waals surface area contributed by atoms with E-state index in [2.05, 4.69) is 0 Å². The van der Waals surface area contributed by atoms with Gasteiger partial charge in [-0.05, 0) is 0 Å². The molecule has 0 aromatic heterocycles. The van der Waals surface area contributed by atoms with Gasteiger partial charge in [-0.15, -0.1) is 0 Å². The van der Waals surface area contributed by atoms with Crippen molar-refractivity contribution in [3.05, 3.63) is 12.2 Å². The van der Waals surface area contributed by atoms with Gasteiger partial charge in [0.05, 0.1) is 18.1 Å². The Kier molecular flexibility index (Phi) is 1.66. The lowest BCUT2D eigenvalue weighted by molar-refractivity contribution is -0.124. The molecule has 1 fully saturated rings. The van der Waals surface area contributed by atoms with Crippen molar-refractivity contribution in [3.63, 3.8) is 0 Å². The van der Waals surface area contributed by atoms with Gasteiger partial charge in [0, 0.05) is 12.5 Å². The summed E-state index contributed by atoms with van der Waals surface area (Å²) < 4.78 is 5.38. The first-order valence-corrected chi connectivity index (χ1v) is 3.98. The van der Waals surface area contributed by atoms with Gasteiger partial charge in [-0.3, -0.25) is 4.79 Å². The van der Waals surface area contributed by atoms with Gasteiger partial charge in [0.2, 0.25) is 5.91 Å². The summed E-state index contributed by atoms with van der Waals surface area (Å²) in [5.74, 6) is -0.867. The molecular formula is C8H11NO3. The van der Waals surface area contributed by atoms with E-state index < -0.39 is 0 Å². The highest BCUT2D eigenvalue weighted by atomic mass is 16.5. The minimum absolute atomic E-state index is 0.0425. The van der Waals surface area contributed by atoms with Crippen LogP contribution in [0.2, 0.25) is 0 Å². The van der Waals surface area contributed by atoms with Gasteiger partial charge in [-0.25, -0.2) is 0 Å². The second-order valence-corrected chi connectivity index (χ2v) is 3.22. The Morgan fingerprint density at radius 3 is 2.67 bits per heavy atom. The van der Waals surface area contributed by atoms with Crippen LogP contribution >= 0.6 is 0 Å².